The van der Waals surface area contributed by atoms with Crippen LogP contribution in [0.1, 0.15) is 38.3 Å². The fourth-order valence-electron chi connectivity index (χ4n) is 6.50. The number of hydrogen-bond acceptors (Lipinski definition) is 9. The first-order valence-electron chi connectivity index (χ1n) is 16.7. The Morgan fingerprint density at radius 2 is 1.48 bits per heavy atom. The van der Waals surface area contributed by atoms with E-state index in [-0.39, 0.29) is 17.8 Å². The number of ether oxygens (including phenoxy) is 3. The van der Waals surface area contributed by atoms with Gasteiger partial charge in [-0.15, -0.1) is 0 Å². The summed E-state index contributed by atoms with van der Waals surface area (Å²) in [7, 11) is 0. The minimum atomic E-state index is -0.973. The van der Waals surface area contributed by atoms with E-state index in [0.29, 0.717) is 19.8 Å². The molecule has 0 bridgehead atoms. The molecule has 2 aliphatic rings. The Bertz CT molecular complexity index is 1800. The van der Waals surface area contributed by atoms with Crippen molar-refractivity contribution in [3.8, 4) is 11.4 Å². The first-order chi connectivity index (χ1) is 23.5. The van der Waals surface area contributed by atoms with Crippen molar-refractivity contribution in [2.75, 3.05) is 49.2 Å². The van der Waals surface area contributed by atoms with E-state index in [0.717, 1.165) is 61.7 Å². The van der Waals surface area contributed by atoms with Gasteiger partial charge in [-0.25, -0.2) is 14.0 Å². The zero-order valence-corrected chi connectivity index (χ0v) is 27.5. The molecular weight excluding hydrogens is 608 g/mol. The Morgan fingerprint density at radius 3 is 2.12 bits per heavy atom. The van der Waals surface area contributed by atoms with Crippen molar-refractivity contribution in [2.24, 2.45) is 0 Å². The van der Waals surface area contributed by atoms with Crippen molar-refractivity contribution >= 4 is 11.4 Å². The van der Waals surface area contributed by atoms with Crippen LogP contribution in [-0.4, -0.2) is 74.8 Å². The molecule has 0 amide bonds. The molecule has 48 heavy (non-hydrogen) atoms. The Labute approximate surface area is 280 Å². The van der Waals surface area contributed by atoms with Gasteiger partial charge in [0.25, 0.3) is 0 Å². The molecule has 12 heteroatoms. The lowest BCUT2D eigenvalue weighted by molar-refractivity contribution is -0.192. The third-order valence-electron chi connectivity index (χ3n) is 9.12. The van der Waals surface area contributed by atoms with Gasteiger partial charge in [0.05, 0.1) is 30.7 Å². The molecule has 2 aromatic heterocycles. The maximum Gasteiger partial charge on any atom is 0.350 e. The third kappa shape index (κ3) is 6.71. The highest BCUT2D eigenvalue weighted by Gasteiger charge is 2.44. The lowest BCUT2D eigenvalue weighted by Crippen LogP contribution is -2.46. The van der Waals surface area contributed by atoms with Gasteiger partial charge in [0.2, 0.25) is 5.79 Å². The van der Waals surface area contributed by atoms with Crippen LogP contribution in [-0.2, 0) is 21.8 Å². The van der Waals surface area contributed by atoms with Crippen LogP contribution in [0.4, 0.5) is 11.4 Å². The lowest BCUT2D eigenvalue weighted by Gasteiger charge is -2.37. The van der Waals surface area contributed by atoms with E-state index < -0.39 is 5.79 Å². The largest absolute Gasteiger partial charge is 0.491 e. The molecule has 7 rings (SSSR count). The first-order valence-corrected chi connectivity index (χ1v) is 16.7. The maximum absolute atomic E-state index is 12.9. The maximum atomic E-state index is 12.9. The molecular formula is C36H42N8O4. The summed E-state index contributed by atoms with van der Waals surface area (Å²) in [5.41, 5.74) is 3.97. The van der Waals surface area contributed by atoms with Crippen LogP contribution in [0.2, 0.25) is 0 Å². The molecule has 0 N–H and O–H groups in total. The average molecular weight is 651 g/mol. The molecule has 3 aromatic carbocycles. The van der Waals surface area contributed by atoms with E-state index in [1.807, 2.05) is 61.5 Å². The summed E-state index contributed by atoms with van der Waals surface area (Å²) in [6.07, 6.45) is 6.61. The zero-order chi connectivity index (χ0) is 32.9. The molecule has 4 heterocycles. The van der Waals surface area contributed by atoms with Gasteiger partial charge < -0.3 is 24.0 Å². The molecule has 1 unspecified atom stereocenters. The number of benzene rings is 3. The van der Waals surface area contributed by atoms with Gasteiger partial charge in [0.15, 0.2) is 0 Å². The first kappa shape index (κ1) is 31.6. The summed E-state index contributed by atoms with van der Waals surface area (Å²) in [5, 5.41) is 12.9. The fraction of sp³-hybridized carbons (Fsp3) is 0.389. The minimum absolute atomic E-state index is 0.0860. The van der Waals surface area contributed by atoms with Gasteiger partial charge in [-0.3, -0.25) is 0 Å². The number of nitrogens with zero attached hydrogens (tertiary/aromatic N) is 8. The highest BCUT2D eigenvalue weighted by molar-refractivity contribution is 5.54. The molecule has 0 aliphatic carbocycles. The predicted octanol–water partition coefficient (Wildman–Crippen LogP) is 4.66. The number of aromatic nitrogens is 6. The topological polar surface area (TPSA) is 105 Å². The number of anilines is 2. The van der Waals surface area contributed by atoms with E-state index in [1.54, 1.807) is 32.8 Å². The summed E-state index contributed by atoms with van der Waals surface area (Å²) >= 11 is 0. The van der Waals surface area contributed by atoms with Gasteiger partial charge in [-0.2, -0.15) is 20.1 Å². The van der Waals surface area contributed by atoms with Crippen molar-refractivity contribution in [1.82, 2.24) is 29.3 Å². The number of hydrogen-bond donors (Lipinski definition) is 0. The molecule has 0 radical (unpaired) electrons. The second-order valence-corrected chi connectivity index (χ2v) is 12.4. The van der Waals surface area contributed by atoms with Crippen molar-refractivity contribution in [2.45, 2.75) is 51.2 Å². The van der Waals surface area contributed by atoms with Crippen LogP contribution in [0, 0.1) is 0 Å². The van der Waals surface area contributed by atoms with Crippen LogP contribution < -0.4 is 20.2 Å². The quantitative estimate of drug-likeness (QED) is 0.191. The second-order valence-electron chi connectivity index (χ2n) is 12.4. The molecule has 12 nitrogen and oxygen atoms in total. The molecule has 250 valence electrons. The van der Waals surface area contributed by atoms with Crippen LogP contribution in [0.5, 0.6) is 5.75 Å². The lowest BCUT2D eigenvalue weighted by atomic mass is 10.1. The van der Waals surface area contributed by atoms with Crippen LogP contribution in [0.15, 0.2) is 102 Å². The monoisotopic (exact) mass is 650 g/mol. The highest BCUT2D eigenvalue weighted by Crippen LogP contribution is 2.36. The highest BCUT2D eigenvalue weighted by atomic mass is 16.8. The van der Waals surface area contributed by atoms with E-state index in [2.05, 4.69) is 56.3 Å². The molecule has 2 aliphatic heterocycles. The Morgan fingerprint density at radius 1 is 0.854 bits per heavy atom. The SMILES string of the molecule is CCCC(C)n1ncn(-c2ccc(N3CCN(c4ccc(OC[C@@H]5CO[C@@](Cn6nccn6)(c6ccccc6)O5)cc4)CC3)cc2)c1=O. The summed E-state index contributed by atoms with van der Waals surface area (Å²) in [6.45, 7) is 8.89. The van der Waals surface area contributed by atoms with Gasteiger partial charge in [-0.05, 0) is 61.9 Å². The Hall–Kier alpha value is -4.94. The van der Waals surface area contributed by atoms with Crippen LogP contribution in [0.3, 0.4) is 0 Å². The normalized spacial score (nSPS) is 20.2. The fourth-order valence-corrected chi connectivity index (χ4v) is 6.50. The van der Waals surface area contributed by atoms with Crippen molar-refractivity contribution < 1.29 is 14.2 Å². The van der Waals surface area contributed by atoms with E-state index in [9.17, 15) is 4.79 Å². The summed E-state index contributed by atoms with van der Waals surface area (Å²) in [4.78, 5) is 19.3. The van der Waals surface area contributed by atoms with Gasteiger partial charge in [0, 0.05) is 43.1 Å². The summed E-state index contributed by atoms with van der Waals surface area (Å²) < 4.78 is 22.1. The smallest absolute Gasteiger partial charge is 0.350 e. The average Bonchev–Trinajstić information content (AvgIpc) is 3.90. The van der Waals surface area contributed by atoms with Gasteiger partial charge in [0.1, 0.15) is 31.3 Å². The number of piperazine rings is 1. The molecule has 5 aromatic rings. The molecule has 2 fully saturated rings. The zero-order valence-electron chi connectivity index (χ0n) is 27.5. The van der Waals surface area contributed by atoms with Crippen molar-refractivity contribution in [3.63, 3.8) is 0 Å². The van der Waals surface area contributed by atoms with Crippen LogP contribution >= 0.6 is 0 Å². The molecule has 3 atom stereocenters. The Kier molecular flexibility index (Phi) is 9.26. The van der Waals surface area contributed by atoms with Gasteiger partial charge >= 0.3 is 5.69 Å². The van der Waals surface area contributed by atoms with E-state index >= 15 is 0 Å². The minimum Gasteiger partial charge on any atom is -0.491 e. The Balaban J connectivity index is 0.909. The summed E-state index contributed by atoms with van der Waals surface area (Å²) in [6, 6.07) is 26.4. The number of rotatable bonds is 12. The second kappa shape index (κ2) is 14.0. The van der Waals surface area contributed by atoms with E-state index in [4.69, 9.17) is 14.2 Å². The summed E-state index contributed by atoms with van der Waals surface area (Å²) in [5.74, 6) is -0.185. The van der Waals surface area contributed by atoms with E-state index in [1.165, 1.54) is 5.69 Å². The predicted molar refractivity (Wildman–Crippen MR) is 183 cm³/mol. The molecule has 0 saturated carbocycles. The standard InChI is InChI=1S/C36H42N8O4/c1-3-7-28(2)44-35(45)42(27-39-44)32-12-10-30(11-13-32)40-20-22-41(23-21-40)31-14-16-33(17-15-31)46-24-34-25-47-36(48-34,26-43-37-18-19-38-43)29-8-5-4-6-9-29/h4-6,8-19,27-28,34H,3,7,20-26H2,1-2H3/t28?,34-,36-/m1/s1. The molecule has 2 saturated heterocycles. The van der Waals surface area contributed by atoms with Crippen molar-refractivity contribution in [1.29, 1.82) is 0 Å². The van der Waals surface area contributed by atoms with Crippen molar-refractivity contribution in [3.05, 3.63) is 114 Å². The van der Waals surface area contributed by atoms with Gasteiger partial charge in [-0.1, -0.05) is 43.7 Å². The molecule has 0 spiro atoms. The third-order valence-corrected chi connectivity index (χ3v) is 9.12. The van der Waals surface area contributed by atoms with Crippen LogP contribution in [0.25, 0.3) is 5.69 Å².